The Hall–Kier alpha value is -0.345. The van der Waals surface area contributed by atoms with Gasteiger partial charge >= 0.3 is 0 Å². The molecule has 0 aromatic heterocycles. The van der Waals surface area contributed by atoms with E-state index in [1.807, 2.05) is 0 Å². The Morgan fingerprint density at radius 3 is 3.00 bits per heavy atom. The molecule has 46 valence electrons. The molecule has 0 unspecified atom stereocenters. The van der Waals surface area contributed by atoms with Crippen molar-refractivity contribution in [3.8, 4) is 0 Å². The van der Waals surface area contributed by atoms with Crippen LogP contribution in [0, 0.1) is 0 Å². The predicted octanol–water partition coefficient (Wildman–Crippen LogP) is -1.53. The molecule has 0 bridgehead atoms. The van der Waals surface area contributed by atoms with Crippen molar-refractivity contribution < 1.29 is 4.79 Å². The molecule has 3 N–H and O–H groups in total. The molecule has 0 heterocycles. The second-order valence-corrected chi connectivity index (χ2v) is 1.51. The van der Waals surface area contributed by atoms with E-state index in [4.69, 9.17) is 5.73 Å². The van der Waals surface area contributed by atoms with Gasteiger partial charge in [-0.1, -0.05) is 0 Å². The minimum absolute atomic E-state index is 0.444. The van der Waals surface area contributed by atoms with Crippen molar-refractivity contribution in [3.05, 3.63) is 0 Å². The Kier molecular flexibility index (Phi) is 6.37. The molecule has 0 spiro atoms. The van der Waals surface area contributed by atoms with Crippen LogP contribution in [0.3, 0.4) is 0 Å². The van der Waals surface area contributed by atoms with E-state index in [2.05, 4.69) is 5.23 Å². The molecule has 0 rings (SSSR count). The lowest BCUT2D eigenvalue weighted by Crippen LogP contribution is -2.23. The van der Waals surface area contributed by atoms with Crippen LogP contribution in [0.25, 0.3) is 0 Å². The molecule has 8 heavy (non-hydrogen) atoms. The number of nitrogens with two attached hydrogens (primary N) is 1. The first-order chi connectivity index (χ1) is 3.91. The van der Waals surface area contributed by atoms with Gasteiger partial charge in [0.15, 0.2) is 0 Å². The molecule has 0 radical (unpaired) electrons. The standard InChI is InChI=1S/C4H11BN2O/c6-2-1-3-7-5-4-8/h4-5,7H,1-3,6H2. The van der Waals surface area contributed by atoms with E-state index in [9.17, 15) is 4.79 Å². The zero-order chi connectivity index (χ0) is 6.24. The van der Waals surface area contributed by atoms with Gasteiger partial charge in [-0.05, 0) is 19.5 Å². The molecule has 3 nitrogen and oxygen atoms in total. The van der Waals surface area contributed by atoms with Gasteiger partial charge in [-0.3, -0.25) is 0 Å². The summed E-state index contributed by atoms with van der Waals surface area (Å²) in [6.07, 6.45) is 1.78. The van der Waals surface area contributed by atoms with Crippen molar-refractivity contribution in [2.45, 2.75) is 6.42 Å². The largest absolute Gasteiger partial charge is 0.352 e. The fourth-order valence-corrected chi connectivity index (χ4v) is 0.388. The molecule has 0 fully saturated rings. The third kappa shape index (κ3) is 5.65. The highest BCUT2D eigenvalue weighted by Gasteiger charge is 1.83. The summed E-state index contributed by atoms with van der Waals surface area (Å²) < 4.78 is 0. The molecule has 0 aliphatic rings. The Labute approximate surface area is 49.9 Å². The van der Waals surface area contributed by atoms with Crippen molar-refractivity contribution in [1.82, 2.24) is 5.23 Å². The van der Waals surface area contributed by atoms with E-state index >= 15 is 0 Å². The summed E-state index contributed by atoms with van der Waals surface area (Å²) in [6.45, 7) is 1.53. The van der Waals surface area contributed by atoms with Gasteiger partial charge in [-0.15, -0.1) is 0 Å². The van der Waals surface area contributed by atoms with Gasteiger partial charge in [0.05, 0.1) is 6.19 Å². The SMILES string of the molecule is NCCCNBC=O. The Morgan fingerprint density at radius 1 is 1.75 bits per heavy atom. The van der Waals surface area contributed by atoms with Crippen LogP contribution in [0.1, 0.15) is 6.42 Å². The first-order valence-corrected chi connectivity index (χ1v) is 2.76. The smallest absolute Gasteiger partial charge is 0.278 e. The number of carbonyl (C=O) groups excluding carboxylic acids is 1. The second-order valence-electron chi connectivity index (χ2n) is 1.51. The summed E-state index contributed by atoms with van der Waals surface area (Å²) in [5.41, 5.74) is 5.18. The zero-order valence-corrected chi connectivity index (χ0v) is 4.89. The predicted molar refractivity (Wildman–Crippen MR) is 35.6 cm³/mol. The van der Waals surface area contributed by atoms with Crippen molar-refractivity contribution in [3.63, 3.8) is 0 Å². The first-order valence-electron chi connectivity index (χ1n) is 2.76. The number of carbonyl (C=O) groups is 1. The highest BCUT2D eigenvalue weighted by atomic mass is 16.1. The van der Waals surface area contributed by atoms with Gasteiger partial charge in [0, 0.05) is 0 Å². The fraction of sp³-hybridized carbons (Fsp3) is 0.750. The van der Waals surface area contributed by atoms with Crippen LogP contribution in [0.4, 0.5) is 0 Å². The van der Waals surface area contributed by atoms with Gasteiger partial charge in [0.1, 0.15) is 0 Å². The third-order valence-electron chi connectivity index (χ3n) is 0.785. The van der Waals surface area contributed by atoms with Crippen LogP contribution in [0.5, 0.6) is 0 Å². The lowest BCUT2D eigenvalue weighted by molar-refractivity contribution is 0.567. The minimum atomic E-state index is 0.444. The number of hydrogen-bond acceptors (Lipinski definition) is 3. The number of rotatable bonds is 5. The number of nitrogens with one attached hydrogen (secondary N) is 1. The van der Waals surface area contributed by atoms with Crippen LogP contribution in [-0.2, 0) is 4.79 Å². The second kappa shape index (κ2) is 6.65. The fourth-order valence-electron chi connectivity index (χ4n) is 0.388. The third-order valence-corrected chi connectivity index (χ3v) is 0.785. The summed E-state index contributed by atoms with van der Waals surface area (Å²) in [4.78, 5) is 9.67. The van der Waals surface area contributed by atoms with Crippen LogP contribution < -0.4 is 11.0 Å². The maximum absolute atomic E-state index is 9.67. The average Bonchev–Trinajstić information content (AvgIpc) is 1.81. The average molecular weight is 114 g/mol. The molecule has 0 saturated heterocycles. The molecule has 0 aromatic carbocycles. The van der Waals surface area contributed by atoms with Crippen molar-refractivity contribution >= 4 is 13.6 Å². The van der Waals surface area contributed by atoms with E-state index in [0.717, 1.165) is 19.2 Å². The van der Waals surface area contributed by atoms with Crippen molar-refractivity contribution in [1.29, 1.82) is 0 Å². The lowest BCUT2D eigenvalue weighted by Gasteiger charge is -1.93. The molecule has 0 aliphatic carbocycles. The Balaban J connectivity index is 2.62. The molecular formula is C4H11BN2O. The molecule has 0 aliphatic heterocycles. The maximum Gasteiger partial charge on any atom is 0.278 e. The van der Waals surface area contributed by atoms with E-state index in [1.54, 1.807) is 0 Å². The highest BCUT2D eigenvalue weighted by molar-refractivity contribution is 6.64. The molecule has 0 amide bonds. The first kappa shape index (κ1) is 7.65. The quantitative estimate of drug-likeness (QED) is 0.259. The van der Waals surface area contributed by atoms with Crippen LogP contribution in [0.15, 0.2) is 0 Å². The summed E-state index contributed by atoms with van der Waals surface area (Å²) in [5.74, 6) is 0. The van der Waals surface area contributed by atoms with Crippen LogP contribution in [-0.4, -0.2) is 26.7 Å². The van der Waals surface area contributed by atoms with Gasteiger partial charge < -0.3 is 15.8 Å². The Bertz CT molecular complexity index is 60.0. The van der Waals surface area contributed by atoms with E-state index < -0.39 is 0 Å². The summed E-state index contributed by atoms with van der Waals surface area (Å²) >= 11 is 0. The van der Waals surface area contributed by atoms with Gasteiger partial charge in [-0.25, -0.2) is 0 Å². The van der Waals surface area contributed by atoms with Gasteiger partial charge in [0.2, 0.25) is 0 Å². The molecular weight excluding hydrogens is 103 g/mol. The summed E-state index contributed by atoms with van der Waals surface area (Å²) in [5, 5.41) is 2.89. The Morgan fingerprint density at radius 2 is 2.50 bits per heavy atom. The van der Waals surface area contributed by atoms with Gasteiger partial charge in [0.25, 0.3) is 7.41 Å². The van der Waals surface area contributed by atoms with Crippen LogP contribution >= 0.6 is 0 Å². The zero-order valence-electron chi connectivity index (χ0n) is 4.89. The molecule has 0 aromatic rings. The van der Waals surface area contributed by atoms with E-state index in [-0.39, 0.29) is 0 Å². The highest BCUT2D eigenvalue weighted by Crippen LogP contribution is 1.64. The summed E-state index contributed by atoms with van der Waals surface area (Å²) in [7, 11) is 0.444. The lowest BCUT2D eigenvalue weighted by atomic mass is 9.99. The van der Waals surface area contributed by atoms with Crippen molar-refractivity contribution in [2.24, 2.45) is 5.73 Å². The van der Waals surface area contributed by atoms with Crippen molar-refractivity contribution in [2.75, 3.05) is 13.1 Å². The topological polar surface area (TPSA) is 55.1 Å². The monoisotopic (exact) mass is 114 g/mol. The molecule has 0 atom stereocenters. The number of hydrogen-bond donors (Lipinski definition) is 2. The minimum Gasteiger partial charge on any atom is -0.352 e. The maximum atomic E-state index is 9.67. The van der Waals surface area contributed by atoms with Gasteiger partial charge in [-0.2, -0.15) is 0 Å². The van der Waals surface area contributed by atoms with Crippen LogP contribution in [0.2, 0.25) is 0 Å². The van der Waals surface area contributed by atoms with E-state index in [1.165, 1.54) is 0 Å². The normalized spacial score (nSPS) is 8.62. The molecule has 4 heteroatoms. The molecule has 0 saturated carbocycles. The summed E-state index contributed by atoms with van der Waals surface area (Å²) in [6, 6.07) is 0. The van der Waals surface area contributed by atoms with E-state index in [0.29, 0.717) is 14.0 Å².